The highest BCUT2D eigenvalue weighted by Gasteiger charge is 2.36. The summed E-state index contributed by atoms with van der Waals surface area (Å²) in [4.78, 5) is 11.8. The van der Waals surface area contributed by atoms with Gasteiger partial charge < -0.3 is 10.6 Å². The maximum atomic E-state index is 13.0. The molecular formula is C14H19FN2O. The monoisotopic (exact) mass is 250 g/mol. The van der Waals surface area contributed by atoms with E-state index in [1.807, 2.05) is 0 Å². The van der Waals surface area contributed by atoms with Crippen LogP contribution in [0.1, 0.15) is 31.2 Å². The first-order valence-corrected chi connectivity index (χ1v) is 6.38. The molecule has 1 amide bonds. The molecule has 1 aliphatic carbocycles. The number of nitrogens with one attached hydrogen (secondary N) is 2. The fraction of sp³-hybridized carbons (Fsp3) is 0.500. The van der Waals surface area contributed by atoms with Crippen molar-refractivity contribution in [2.75, 3.05) is 13.6 Å². The molecule has 0 aliphatic heterocycles. The van der Waals surface area contributed by atoms with Crippen LogP contribution in [0.25, 0.3) is 0 Å². The summed E-state index contributed by atoms with van der Waals surface area (Å²) in [6, 6.07) is 6.47. The highest BCUT2D eigenvalue weighted by atomic mass is 19.1. The van der Waals surface area contributed by atoms with Gasteiger partial charge in [0.25, 0.3) is 0 Å². The predicted molar refractivity (Wildman–Crippen MR) is 68.6 cm³/mol. The maximum absolute atomic E-state index is 13.0. The molecule has 0 aromatic heterocycles. The van der Waals surface area contributed by atoms with Crippen LogP contribution in [0.3, 0.4) is 0 Å². The van der Waals surface area contributed by atoms with Crippen molar-refractivity contribution in [1.82, 2.24) is 10.6 Å². The van der Waals surface area contributed by atoms with Crippen molar-refractivity contribution in [1.29, 1.82) is 0 Å². The Morgan fingerprint density at radius 3 is 2.44 bits per heavy atom. The molecule has 0 atom stereocenters. The highest BCUT2D eigenvalue weighted by Crippen LogP contribution is 2.38. The SMILES string of the molecule is CNCC(=O)NC1(c2ccc(F)cc2)CCCC1. The van der Waals surface area contributed by atoms with Gasteiger partial charge in [-0.1, -0.05) is 25.0 Å². The molecule has 1 fully saturated rings. The maximum Gasteiger partial charge on any atom is 0.234 e. The molecule has 2 N–H and O–H groups in total. The zero-order valence-corrected chi connectivity index (χ0v) is 10.6. The Balaban J connectivity index is 2.21. The van der Waals surface area contributed by atoms with Gasteiger partial charge in [0, 0.05) is 0 Å². The molecule has 0 radical (unpaired) electrons. The number of halogens is 1. The summed E-state index contributed by atoms with van der Waals surface area (Å²) in [6.07, 6.45) is 4.04. The zero-order chi connectivity index (χ0) is 13.0. The lowest BCUT2D eigenvalue weighted by molar-refractivity contribution is -0.122. The molecule has 1 aliphatic rings. The quantitative estimate of drug-likeness (QED) is 0.857. The molecule has 0 bridgehead atoms. The minimum absolute atomic E-state index is 0.0104. The van der Waals surface area contributed by atoms with Crippen molar-refractivity contribution >= 4 is 5.91 Å². The molecule has 1 saturated carbocycles. The zero-order valence-electron chi connectivity index (χ0n) is 10.6. The molecule has 0 unspecified atom stereocenters. The van der Waals surface area contributed by atoms with Gasteiger partial charge in [-0.15, -0.1) is 0 Å². The molecule has 0 spiro atoms. The molecule has 4 heteroatoms. The Bertz CT molecular complexity index is 410. The van der Waals surface area contributed by atoms with E-state index in [2.05, 4.69) is 10.6 Å². The molecule has 3 nitrogen and oxygen atoms in total. The minimum atomic E-state index is -0.304. The molecular weight excluding hydrogens is 231 g/mol. The van der Waals surface area contributed by atoms with E-state index in [1.165, 1.54) is 12.1 Å². The topological polar surface area (TPSA) is 41.1 Å². The van der Waals surface area contributed by atoms with Crippen LogP contribution in [0, 0.1) is 5.82 Å². The standard InChI is InChI=1S/C14H19FN2O/c1-16-10-13(18)17-14(8-2-3-9-14)11-4-6-12(15)7-5-11/h4-7,16H,2-3,8-10H2,1H3,(H,17,18). The van der Waals surface area contributed by atoms with Gasteiger partial charge >= 0.3 is 0 Å². The third-order valence-electron chi connectivity index (χ3n) is 3.57. The third-order valence-corrected chi connectivity index (χ3v) is 3.57. The second-order valence-electron chi connectivity index (χ2n) is 4.87. The van der Waals surface area contributed by atoms with E-state index >= 15 is 0 Å². The molecule has 1 aromatic carbocycles. The summed E-state index contributed by atoms with van der Waals surface area (Å²) < 4.78 is 13.0. The van der Waals surface area contributed by atoms with Gasteiger partial charge in [0.1, 0.15) is 5.82 Å². The van der Waals surface area contributed by atoms with E-state index in [1.54, 1.807) is 19.2 Å². The van der Waals surface area contributed by atoms with Crippen LogP contribution in [0.5, 0.6) is 0 Å². The fourth-order valence-corrected chi connectivity index (χ4v) is 2.70. The van der Waals surface area contributed by atoms with E-state index in [0.717, 1.165) is 31.2 Å². The van der Waals surface area contributed by atoms with Crippen LogP contribution in [0.4, 0.5) is 4.39 Å². The largest absolute Gasteiger partial charge is 0.345 e. The van der Waals surface area contributed by atoms with E-state index in [-0.39, 0.29) is 17.3 Å². The first-order chi connectivity index (χ1) is 8.66. The fourth-order valence-electron chi connectivity index (χ4n) is 2.70. The number of carbonyl (C=O) groups is 1. The second-order valence-corrected chi connectivity index (χ2v) is 4.87. The second kappa shape index (κ2) is 5.48. The van der Waals surface area contributed by atoms with Gasteiger partial charge in [0.15, 0.2) is 0 Å². The lowest BCUT2D eigenvalue weighted by atomic mass is 9.88. The Morgan fingerprint density at radius 1 is 1.28 bits per heavy atom. The van der Waals surface area contributed by atoms with Gasteiger partial charge in [-0.25, -0.2) is 4.39 Å². The first-order valence-electron chi connectivity index (χ1n) is 6.38. The Hall–Kier alpha value is -1.42. The summed E-state index contributed by atoms with van der Waals surface area (Å²) in [5, 5.41) is 5.95. The Kier molecular flexibility index (Phi) is 3.97. The van der Waals surface area contributed by atoms with Crippen molar-refractivity contribution in [3.63, 3.8) is 0 Å². The molecule has 18 heavy (non-hydrogen) atoms. The minimum Gasteiger partial charge on any atom is -0.345 e. The van der Waals surface area contributed by atoms with Crippen LogP contribution in [0.15, 0.2) is 24.3 Å². The van der Waals surface area contributed by atoms with Crippen molar-refractivity contribution in [3.05, 3.63) is 35.6 Å². The van der Waals surface area contributed by atoms with Gasteiger partial charge in [-0.3, -0.25) is 4.79 Å². The Morgan fingerprint density at radius 2 is 1.89 bits per heavy atom. The molecule has 0 saturated heterocycles. The highest BCUT2D eigenvalue weighted by molar-refractivity contribution is 5.79. The number of hydrogen-bond donors (Lipinski definition) is 2. The van der Waals surface area contributed by atoms with Crippen LogP contribution >= 0.6 is 0 Å². The lowest BCUT2D eigenvalue weighted by Crippen LogP contribution is -2.46. The number of likely N-dealkylation sites (N-methyl/N-ethyl adjacent to an activating group) is 1. The number of benzene rings is 1. The average molecular weight is 250 g/mol. The van der Waals surface area contributed by atoms with Crippen molar-refractivity contribution in [2.24, 2.45) is 0 Å². The lowest BCUT2D eigenvalue weighted by Gasteiger charge is -2.31. The summed E-state index contributed by atoms with van der Waals surface area (Å²) >= 11 is 0. The number of amides is 1. The molecule has 98 valence electrons. The van der Waals surface area contributed by atoms with Gasteiger partial charge in [-0.2, -0.15) is 0 Å². The smallest absolute Gasteiger partial charge is 0.234 e. The average Bonchev–Trinajstić information content (AvgIpc) is 2.79. The van der Waals surface area contributed by atoms with Crippen LogP contribution in [-0.2, 0) is 10.3 Å². The number of rotatable bonds is 4. The van der Waals surface area contributed by atoms with E-state index in [4.69, 9.17) is 0 Å². The van der Waals surface area contributed by atoms with Crippen molar-refractivity contribution in [2.45, 2.75) is 31.2 Å². The molecule has 0 heterocycles. The van der Waals surface area contributed by atoms with Crippen molar-refractivity contribution in [3.8, 4) is 0 Å². The van der Waals surface area contributed by atoms with Crippen LogP contribution < -0.4 is 10.6 Å². The first kappa shape index (κ1) is 13.0. The number of hydrogen-bond acceptors (Lipinski definition) is 2. The molecule has 2 rings (SSSR count). The van der Waals surface area contributed by atoms with Crippen LogP contribution in [0.2, 0.25) is 0 Å². The third kappa shape index (κ3) is 2.70. The Labute approximate surface area is 107 Å². The van der Waals surface area contributed by atoms with Gasteiger partial charge in [0.2, 0.25) is 5.91 Å². The van der Waals surface area contributed by atoms with E-state index < -0.39 is 0 Å². The van der Waals surface area contributed by atoms with E-state index in [0.29, 0.717) is 6.54 Å². The summed E-state index contributed by atoms with van der Waals surface area (Å²) in [6.45, 7) is 0.308. The van der Waals surface area contributed by atoms with Crippen molar-refractivity contribution < 1.29 is 9.18 Å². The summed E-state index contributed by atoms with van der Waals surface area (Å²) in [5.41, 5.74) is 0.701. The van der Waals surface area contributed by atoms with E-state index in [9.17, 15) is 9.18 Å². The van der Waals surface area contributed by atoms with Gasteiger partial charge in [-0.05, 0) is 37.6 Å². The normalized spacial score (nSPS) is 17.7. The summed E-state index contributed by atoms with van der Waals surface area (Å²) in [7, 11) is 1.75. The van der Waals surface area contributed by atoms with Crippen LogP contribution in [-0.4, -0.2) is 19.5 Å². The molecule has 1 aromatic rings. The summed E-state index contributed by atoms with van der Waals surface area (Å²) in [5.74, 6) is -0.253. The van der Waals surface area contributed by atoms with Gasteiger partial charge in [0.05, 0.1) is 12.1 Å². The number of carbonyl (C=O) groups excluding carboxylic acids is 1. The predicted octanol–water partition coefficient (Wildman–Crippen LogP) is 1.93.